The summed E-state index contributed by atoms with van der Waals surface area (Å²) in [6.45, 7) is 0.337. The average Bonchev–Trinajstić information content (AvgIpc) is 2.88. The summed E-state index contributed by atoms with van der Waals surface area (Å²) in [5.41, 5.74) is 0.0393. The van der Waals surface area contributed by atoms with Gasteiger partial charge in [0.1, 0.15) is 11.6 Å². The monoisotopic (exact) mass is 263 g/mol. The molecule has 92 valence electrons. The molecule has 1 aromatic heterocycles. The molecule has 3 rings (SSSR count). The minimum Gasteiger partial charge on any atom is -0.485 e. The second-order valence-electron chi connectivity index (χ2n) is 3.74. The lowest BCUT2D eigenvalue weighted by Crippen LogP contribution is -2.21. The van der Waals surface area contributed by atoms with Crippen LogP contribution in [0.25, 0.3) is 0 Å². The topological polar surface area (TPSA) is 68.7 Å². The van der Waals surface area contributed by atoms with E-state index in [0.717, 1.165) is 0 Å². The highest BCUT2D eigenvalue weighted by Crippen LogP contribution is 2.36. The summed E-state index contributed by atoms with van der Waals surface area (Å²) < 4.78 is 11.3. The fraction of sp³-hybridized carbons (Fsp3) is 0.167. The minimum atomic E-state index is -1.03. The number of carbonyl (C=O) groups is 1. The van der Waals surface area contributed by atoms with Crippen molar-refractivity contribution in [2.75, 3.05) is 6.61 Å². The van der Waals surface area contributed by atoms with Crippen LogP contribution in [0.2, 0.25) is 0 Å². The molecule has 0 saturated heterocycles. The summed E-state index contributed by atoms with van der Waals surface area (Å²) in [6.07, 6.45) is -0.349. The van der Waals surface area contributed by atoms with Crippen LogP contribution in [-0.2, 0) is 0 Å². The predicted octanol–water partition coefficient (Wildman–Crippen LogP) is 2.35. The Morgan fingerprint density at radius 1 is 1.39 bits per heavy atom. The molecule has 6 heteroatoms. The van der Waals surface area contributed by atoms with Crippen LogP contribution in [0.1, 0.15) is 21.6 Å². The second-order valence-corrected chi connectivity index (χ2v) is 4.63. The van der Waals surface area contributed by atoms with Gasteiger partial charge in [0, 0.05) is 5.38 Å². The van der Waals surface area contributed by atoms with Crippen molar-refractivity contribution in [3.8, 4) is 11.5 Å². The highest BCUT2D eigenvalue weighted by atomic mass is 32.1. The molecule has 0 fully saturated rings. The van der Waals surface area contributed by atoms with E-state index in [4.69, 9.17) is 14.6 Å². The number of ether oxygens (including phenoxy) is 2. The first kappa shape index (κ1) is 11.0. The number of fused-ring (bicyclic) bond motifs is 1. The van der Waals surface area contributed by atoms with E-state index < -0.39 is 5.97 Å². The minimum absolute atomic E-state index is 0.0393. The number of carboxylic acid groups (broad SMARTS) is 1. The van der Waals surface area contributed by atoms with Gasteiger partial charge in [-0.05, 0) is 12.1 Å². The van der Waals surface area contributed by atoms with Gasteiger partial charge >= 0.3 is 5.97 Å². The third-order valence-electron chi connectivity index (χ3n) is 2.53. The van der Waals surface area contributed by atoms with E-state index in [1.165, 1.54) is 16.7 Å². The molecule has 1 aliphatic rings. The Kier molecular flexibility index (Phi) is 2.64. The zero-order chi connectivity index (χ0) is 12.5. The molecule has 0 amide bonds. The van der Waals surface area contributed by atoms with Gasteiger partial charge in [0.25, 0.3) is 0 Å². The Morgan fingerprint density at radius 3 is 2.89 bits per heavy atom. The molecule has 5 nitrogen and oxygen atoms in total. The van der Waals surface area contributed by atoms with Crippen molar-refractivity contribution in [1.29, 1.82) is 0 Å². The fourth-order valence-electron chi connectivity index (χ4n) is 1.67. The number of hydrogen-bond donors (Lipinski definition) is 1. The number of rotatable bonds is 2. The highest BCUT2D eigenvalue weighted by Gasteiger charge is 2.25. The van der Waals surface area contributed by atoms with Crippen LogP contribution >= 0.6 is 11.3 Å². The van der Waals surface area contributed by atoms with Crippen LogP contribution in [0.4, 0.5) is 0 Å². The Hall–Kier alpha value is -2.08. The maximum absolute atomic E-state index is 10.8. The summed E-state index contributed by atoms with van der Waals surface area (Å²) in [5.74, 6) is 0.319. The van der Waals surface area contributed by atoms with Gasteiger partial charge in [-0.2, -0.15) is 0 Å². The molecular weight excluding hydrogens is 254 g/mol. The molecule has 0 saturated carbocycles. The number of para-hydroxylation sites is 2. The first-order valence-electron chi connectivity index (χ1n) is 5.31. The molecule has 18 heavy (non-hydrogen) atoms. The predicted molar refractivity (Wildman–Crippen MR) is 64.4 cm³/mol. The third kappa shape index (κ3) is 1.91. The van der Waals surface area contributed by atoms with Gasteiger partial charge in [-0.3, -0.25) is 0 Å². The molecule has 0 bridgehead atoms. The molecule has 0 radical (unpaired) electrons. The van der Waals surface area contributed by atoms with Gasteiger partial charge in [-0.15, -0.1) is 11.3 Å². The quantitative estimate of drug-likeness (QED) is 0.900. The smallest absolute Gasteiger partial charge is 0.355 e. The maximum Gasteiger partial charge on any atom is 0.355 e. The number of aromatic carboxylic acids is 1. The molecular formula is C12H9NO4S. The van der Waals surface area contributed by atoms with Crippen molar-refractivity contribution >= 4 is 17.3 Å². The van der Waals surface area contributed by atoms with Crippen LogP contribution in [0, 0.1) is 0 Å². The molecule has 0 aliphatic carbocycles. The molecule has 1 N–H and O–H groups in total. The van der Waals surface area contributed by atoms with Crippen molar-refractivity contribution in [2.45, 2.75) is 6.10 Å². The van der Waals surface area contributed by atoms with Crippen LogP contribution in [0.15, 0.2) is 29.6 Å². The van der Waals surface area contributed by atoms with Gasteiger partial charge in [-0.1, -0.05) is 12.1 Å². The number of benzene rings is 1. The van der Waals surface area contributed by atoms with Crippen molar-refractivity contribution in [2.24, 2.45) is 0 Å². The highest BCUT2D eigenvalue weighted by molar-refractivity contribution is 7.09. The molecule has 1 aliphatic heterocycles. The van der Waals surface area contributed by atoms with Gasteiger partial charge in [0.05, 0.1) is 0 Å². The van der Waals surface area contributed by atoms with Gasteiger partial charge in [0.2, 0.25) is 0 Å². The summed E-state index contributed by atoms with van der Waals surface area (Å²) in [6, 6.07) is 7.37. The summed E-state index contributed by atoms with van der Waals surface area (Å²) in [4.78, 5) is 14.8. The number of carboxylic acids is 1. The van der Waals surface area contributed by atoms with E-state index in [1.807, 2.05) is 24.3 Å². The Balaban J connectivity index is 1.85. The number of aromatic nitrogens is 1. The van der Waals surface area contributed by atoms with Crippen LogP contribution in [-0.4, -0.2) is 22.7 Å². The van der Waals surface area contributed by atoms with Gasteiger partial charge in [-0.25, -0.2) is 9.78 Å². The van der Waals surface area contributed by atoms with E-state index in [9.17, 15) is 4.79 Å². The van der Waals surface area contributed by atoms with Crippen molar-refractivity contribution in [3.63, 3.8) is 0 Å². The molecule has 0 spiro atoms. The van der Waals surface area contributed by atoms with Crippen molar-refractivity contribution < 1.29 is 19.4 Å². The van der Waals surface area contributed by atoms with E-state index in [1.54, 1.807) is 0 Å². The lowest BCUT2D eigenvalue weighted by molar-refractivity contribution is 0.0688. The van der Waals surface area contributed by atoms with E-state index >= 15 is 0 Å². The van der Waals surface area contributed by atoms with Crippen LogP contribution in [0.3, 0.4) is 0 Å². The van der Waals surface area contributed by atoms with Crippen molar-refractivity contribution in [3.05, 3.63) is 40.3 Å². The molecule has 1 atom stereocenters. The van der Waals surface area contributed by atoms with Gasteiger partial charge in [0.15, 0.2) is 23.3 Å². The van der Waals surface area contributed by atoms with E-state index in [0.29, 0.717) is 23.1 Å². The number of hydrogen-bond acceptors (Lipinski definition) is 5. The fourth-order valence-corrected chi connectivity index (χ4v) is 2.48. The van der Waals surface area contributed by atoms with Crippen molar-refractivity contribution in [1.82, 2.24) is 4.98 Å². The summed E-state index contributed by atoms with van der Waals surface area (Å²) >= 11 is 1.26. The maximum atomic E-state index is 10.8. The molecule has 0 unspecified atom stereocenters. The number of nitrogens with zero attached hydrogens (tertiary/aromatic N) is 1. The third-order valence-corrected chi connectivity index (χ3v) is 3.46. The van der Waals surface area contributed by atoms with Crippen LogP contribution in [0.5, 0.6) is 11.5 Å². The molecule has 2 aromatic rings. The summed E-state index contributed by atoms with van der Waals surface area (Å²) in [7, 11) is 0. The van der Waals surface area contributed by atoms with E-state index in [-0.39, 0.29) is 11.8 Å². The second kappa shape index (κ2) is 4.30. The largest absolute Gasteiger partial charge is 0.485 e. The Bertz CT molecular complexity index is 595. The zero-order valence-corrected chi connectivity index (χ0v) is 10.0. The summed E-state index contributed by atoms with van der Waals surface area (Å²) in [5, 5.41) is 10.9. The van der Waals surface area contributed by atoms with E-state index in [2.05, 4.69) is 4.98 Å². The molecule has 2 heterocycles. The normalized spacial score (nSPS) is 17.4. The van der Waals surface area contributed by atoms with Crippen LogP contribution < -0.4 is 9.47 Å². The standard InChI is InChI=1S/C12H9NO4S/c14-12(15)7-6-18-11(13-7)10-5-16-8-3-1-2-4-9(8)17-10/h1-4,6,10H,5H2,(H,14,15)/t10-/m1/s1. The Morgan fingerprint density at radius 2 is 2.17 bits per heavy atom. The first-order valence-corrected chi connectivity index (χ1v) is 6.19. The Labute approximate surface area is 107 Å². The molecule has 1 aromatic carbocycles. The first-order chi connectivity index (χ1) is 8.74. The number of thiazole rings is 1. The lowest BCUT2D eigenvalue weighted by atomic mass is 10.2. The zero-order valence-electron chi connectivity index (χ0n) is 9.20. The van der Waals surface area contributed by atoms with Gasteiger partial charge < -0.3 is 14.6 Å². The SMILES string of the molecule is O=C(O)c1csc([C@H]2COc3ccccc3O2)n1. The average molecular weight is 263 g/mol. The lowest BCUT2D eigenvalue weighted by Gasteiger charge is -2.24.